The van der Waals surface area contributed by atoms with Crippen molar-refractivity contribution in [1.29, 1.82) is 5.26 Å². The second-order valence-electron chi connectivity index (χ2n) is 3.63. The monoisotopic (exact) mass is 255 g/mol. The van der Waals surface area contributed by atoms with E-state index >= 15 is 0 Å². The van der Waals surface area contributed by atoms with Gasteiger partial charge in [0.25, 0.3) is 0 Å². The molecule has 0 aliphatic heterocycles. The molecule has 1 N–H and O–H groups in total. The molecule has 0 aromatic carbocycles. The average Bonchev–Trinajstić information content (AvgIpc) is 2.28. The first-order valence-electron chi connectivity index (χ1n) is 5.02. The van der Waals surface area contributed by atoms with Gasteiger partial charge in [-0.15, -0.1) is 0 Å². The van der Waals surface area contributed by atoms with E-state index in [1.54, 1.807) is 18.0 Å². The lowest BCUT2D eigenvalue weighted by molar-refractivity contribution is 0.0694. The number of hydrogen-bond donors (Lipinski definition) is 1. The molecular weight excluding hydrogens is 242 g/mol. The summed E-state index contributed by atoms with van der Waals surface area (Å²) in [5.41, 5.74) is 0.407. The smallest absolute Gasteiger partial charge is 0.147 e. The van der Waals surface area contributed by atoms with Crippen LogP contribution in [0, 0.1) is 11.3 Å². The number of ether oxygens (including phenoxy) is 1. The minimum absolute atomic E-state index is 0.248. The molecule has 92 valence electrons. The Labute approximate surface area is 105 Å². The summed E-state index contributed by atoms with van der Waals surface area (Å²) < 4.78 is 4.83. The second kappa shape index (κ2) is 6.40. The number of nitriles is 1. The summed E-state index contributed by atoms with van der Waals surface area (Å²) >= 11 is 6.00. The maximum Gasteiger partial charge on any atom is 0.147 e. The number of pyridine rings is 1. The maximum absolute atomic E-state index is 9.58. The topological polar surface area (TPSA) is 69.4 Å². The van der Waals surface area contributed by atoms with Crippen molar-refractivity contribution in [2.75, 3.05) is 32.2 Å². The van der Waals surface area contributed by atoms with E-state index in [4.69, 9.17) is 21.6 Å². The molecule has 1 aromatic heterocycles. The zero-order valence-corrected chi connectivity index (χ0v) is 10.5. The van der Waals surface area contributed by atoms with Crippen LogP contribution in [-0.2, 0) is 4.74 Å². The Hall–Kier alpha value is -1.35. The number of halogens is 1. The van der Waals surface area contributed by atoms with Crippen LogP contribution in [0.2, 0.25) is 5.02 Å². The van der Waals surface area contributed by atoms with Gasteiger partial charge < -0.3 is 14.7 Å². The Balaban J connectivity index is 2.76. The van der Waals surface area contributed by atoms with Crippen molar-refractivity contribution < 1.29 is 9.84 Å². The number of aliphatic hydroxyl groups is 1. The third kappa shape index (κ3) is 3.86. The molecule has 1 rings (SSSR count). The summed E-state index contributed by atoms with van der Waals surface area (Å²) in [5, 5.41) is 18.7. The van der Waals surface area contributed by atoms with E-state index in [1.807, 2.05) is 6.07 Å². The Morgan fingerprint density at radius 1 is 1.71 bits per heavy atom. The molecule has 0 aliphatic carbocycles. The summed E-state index contributed by atoms with van der Waals surface area (Å²) in [7, 11) is 3.29. The zero-order chi connectivity index (χ0) is 12.8. The normalized spacial score (nSPS) is 11.9. The summed E-state index contributed by atoms with van der Waals surface area (Å²) in [6, 6.07) is 3.50. The fraction of sp³-hybridized carbons (Fsp3) is 0.455. The first-order valence-corrected chi connectivity index (χ1v) is 5.40. The Morgan fingerprint density at radius 2 is 2.41 bits per heavy atom. The van der Waals surface area contributed by atoms with Gasteiger partial charge in [0.2, 0.25) is 0 Å². The number of rotatable bonds is 5. The van der Waals surface area contributed by atoms with Crippen molar-refractivity contribution in [3.05, 3.63) is 22.8 Å². The molecule has 1 aromatic rings. The van der Waals surface area contributed by atoms with Gasteiger partial charge in [-0.25, -0.2) is 4.98 Å². The largest absolute Gasteiger partial charge is 0.389 e. The molecule has 1 unspecified atom stereocenters. The van der Waals surface area contributed by atoms with Crippen LogP contribution >= 0.6 is 11.6 Å². The van der Waals surface area contributed by atoms with Gasteiger partial charge in [-0.1, -0.05) is 11.6 Å². The third-order valence-corrected chi connectivity index (χ3v) is 2.43. The van der Waals surface area contributed by atoms with E-state index < -0.39 is 6.10 Å². The highest BCUT2D eigenvalue weighted by Crippen LogP contribution is 2.22. The molecule has 0 fully saturated rings. The minimum atomic E-state index is -0.612. The number of hydrogen-bond acceptors (Lipinski definition) is 5. The van der Waals surface area contributed by atoms with Crippen LogP contribution < -0.4 is 4.90 Å². The maximum atomic E-state index is 9.58. The molecule has 0 aliphatic rings. The van der Waals surface area contributed by atoms with Crippen molar-refractivity contribution in [2.24, 2.45) is 0 Å². The molecule has 0 spiro atoms. The molecule has 0 bridgehead atoms. The van der Waals surface area contributed by atoms with Gasteiger partial charge in [-0.05, 0) is 6.07 Å². The molecule has 0 amide bonds. The lowest BCUT2D eigenvalue weighted by Gasteiger charge is -2.22. The van der Waals surface area contributed by atoms with Crippen LogP contribution in [0.1, 0.15) is 5.56 Å². The van der Waals surface area contributed by atoms with E-state index in [0.717, 1.165) is 0 Å². The van der Waals surface area contributed by atoms with Crippen molar-refractivity contribution >= 4 is 17.4 Å². The van der Waals surface area contributed by atoms with Crippen LogP contribution in [0.15, 0.2) is 12.3 Å². The standard InChI is InChI=1S/C11H14ClN3O2/c1-15(6-9(16)7-17-2)11-10(12)3-8(4-13)5-14-11/h3,5,9,16H,6-7H2,1-2H3. The minimum Gasteiger partial charge on any atom is -0.389 e. The second-order valence-corrected chi connectivity index (χ2v) is 4.04. The number of anilines is 1. The lowest BCUT2D eigenvalue weighted by atomic mass is 10.3. The van der Waals surface area contributed by atoms with Gasteiger partial charge >= 0.3 is 0 Å². The highest BCUT2D eigenvalue weighted by molar-refractivity contribution is 6.33. The van der Waals surface area contributed by atoms with Crippen molar-refractivity contribution in [1.82, 2.24) is 4.98 Å². The van der Waals surface area contributed by atoms with E-state index in [1.165, 1.54) is 13.3 Å². The fourth-order valence-electron chi connectivity index (χ4n) is 1.42. The molecule has 1 atom stereocenters. The third-order valence-electron chi connectivity index (χ3n) is 2.16. The average molecular weight is 256 g/mol. The molecule has 0 saturated heterocycles. The van der Waals surface area contributed by atoms with Crippen LogP contribution in [0.25, 0.3) is 0 Å². The van der Waals surface area contributed by atoms with Crippen LogP contribution in [-0.4, -0.2) is 43.5 Å². The summed E-state index contributed by atoms with van der Waals surface area (Å²) in [4.78, 5) is 5.80. The first kappa shape index (κ1) is 13.7. The van der Waals surface area contributed by atoms with Gasteiger partial charge in [0.05, 0.1) is 23.3 Å². The summed E-state index contributed by atoms with van der Waals surface area (Å²) in [6.07, 6.45) is 0.832. The number of aliphatic hydroxyl groups excluding tert-OH is 1. The van der Waals surface area contributed by atoms with Gasteiger partial charge in [0, 0.05) is 26.9 Å². The number of nitrogens with zero attached hydrogens (tertiary/aromatic N) is 3. The highest BCUT2D eigenvalue weighted by atomic mass is 35.5. The van der Waals surface area contributed by atoms with Crippen LogP contribution in [0.4, 0.5) is 5.82 Å². The molecule has 6 heteroatoms. The predicted molar refractivity (Wildman–Crippen MR) is 65.1 cm³/mol. The first-order chi connectivity index (χ1) is 8.08. The fourth-order valence-corrected chi connectivity index (χ4v) is 1.73. The van der Waals surface area contributed by atoms with E-state index in [9.17, 15) is 5.11 Å². The Kier molecular flexibility index (Phi) is 5.16. The van der Waals surface area contributed by atoms with E-state index in [2.05, 4.69) is 4.98 Å². The predicted octanol–water partition coefficient (Wildman–Crippen LogP) is 1.05. The Bertz CT molecular complexity index is 420. The molecule has 0 saturated carbocycles. The van der Waals surface area contributed by atoms with Crippen molar-refractivity contribution in [2.45, 2.75) is 6.10 Å². The number of likely N-dealkylation sites (N-methyl/N-ethyl adjacent to an activating group) is 1. The van der Waals surface area contributed by atoms with Gasteiger partial charge in [0.1, 0.15) is 11.9 Å². The highest BCUT2D eigenvalue weighted by Gasteiger charge is 2.13. The lowest BCUT2D eigenvalue weighted by Crippen LogP contribution is -2.32. The van der Waals surface area contributed by atoms with Gasteiger partial charge in [-0.3, -0.25) is 0 Å². The van der Waals surface area contributed by atoms with Crippen molar-refractivity contribution in [3.63, 3.8) is 0 Å². The molecule has 1 heterocycles. The van der Waals surface area contributed by atoms with E-state index in [0.29, 0.717) is 22.9 Å². The van der Waals surface area contributed by atoms with Gasteiger partial charge in [0.15, 0.2) is 0 Å². The zero-order valence-electron chi connectivity index (χ0n) is 9.72. The molecule has 5 nitrogen and oxygen atoms in total. The number of aromatic nitrogens is 1. The molecular formula is C11H14ClN3O2. The van der Waals surface area contributed by atoms with Crippen LogP contribution in [0.3, 0.4) is 0 Å². The Morgan fingerprint density at radius 3 is 2.94 bits per heavy atom. The van der Waals surface area contributed by atoms with E-state index in [-0.39, 0.29) is 6.61 Å². The van der Waals surface area contributed by atoms with Crippen molar-refractivity contribution in [3.8, 4) is 6.07 Å². The molecule has 17 heavy (non-hydrogen) atoms. The number of methoxy groups -OCH3 is 1. The SMILES string of the molecule is COCC(O)CN(C)c1ncc(C#N)cc1Cl. The summed E-state index contributed by atoms with van der Waals surface area (Å²) in [6.45, 7) is 0.602. The summed E-state index contributed by atoms with van der Waals surface area (Å²) in [5.74, 6) is 0.529. The quantitative estimate of drug-likeness (QED) is 0.852. The van der Waals surface area contributed by atoms with Gasteiger partial charge in [-0.2, -0.15) is 5.26 Å². The molecule has 0 radical (unpaired) electrons. The van der Waals surface area contributed by atoms with Crippen LogP contribution in [0.5, 0.6) is 0 Å².